The van der Waals surface area contributed by atoms with Gasteiger partial charge in [-0.15, -0.1) is 0 Å². The first-order valence-electron chi connectivity index (χ1n) is 5.93. The van der Waals surface area contributed by atoms with Crippen molar-refractivity contribution in [3.63, 3.8) is 0 Å². The molecular formula is C13H14ClFN2O2. The first kappa shape index (κ1) is 14.0. The molecule has 0 aliphatic rings. The lowest BCUT2D eigenvalue weighted by Gasteiger charge is -2.10. The molecule has 0 saturated heterocycles. The number of hydrogen-bond acceptors (Lipinski definition) is 4. The van der Waals surface area contributed by atoms with Gasteiger partial charge in [0.1, 0.15) is 5.82 Å². The predicted molar refractivity (Wildman–Crippen MR) is 69.3 cm³/mol. The van der Waals surface area contributed by atoms with E-state index in [-0.39, 0.29) is 23.2 Å². The van der Waals surface area contributed by atoms with Crippen molar-refractivity contribution in [1.82, 2.24) is 10.1 Å². The fourth-order valence-electron chi connectivity index (χ4n) is 1.53. The van der Waals surface area contributed by atoms with Crippen molar-refractivity contribution >= 4 is 11.6 Å². The molecule has 0 saturated carbocycles. The number of aliphatic hydroxyl groups excluding tert-OH is 1. The van der Waals surface area contributed by atoms with E-state index in [9.17, 15) is 9.50 Å². The zero-order chi connectivity index (χ0) is 14.0. The molecule has 4 nitrogen and oxygen atoms in total. The normalized spacial score (nSPS) is 12.9. The van der Waals surface area contributed by atoms with Gasteiger partial charge < -0.3 is 9.63 Å². The third-order valence-electron chi connectivity index (χ3n) is 2.79. The van der Waals surface area contributed by atoms with Crippen molar-refractivity contribution in [1.29, 1.82) is 0 Å². The Morgan fingerprint density at radius 2 is 2.16 bits per heavy atom. The zero-order valence-corrected chi connectivity index (χ0v) is 11.4. The van der Waals surface area contributed by atoms with Crippen LogP contribution in [0.15, 0.2) is 22.7 Å². The van der Waals surface area contributed by atoms with Crippen LogP contribution in [0.25, 0.3) is 11.4 Å². The Balaban J connectivity index is 2.21. The number of benzene rings is 1. The van der Waals surface area contributed by atoms with E-state index in [1.807, 2.05) is 13.8 Å². The van der Waals surface area contributed by atoms with Crippen molar-refractivity contribution in [3.05, 3.63) is 34.9 Å². The lowest BCUT2D eigenvalue weighted by Crippen LogP contribution is -2.17. The molecule has 102 valence electrons. The summed E-state index contributed by atoms with van der Waals surface area (Å²) in [6, 6.07) is 3.96. The minimum atomic E-state index is -0.544. The average molecular weight is 285 g/mol. The minimum Gasteiger partial charge on any atom is -0.392 e. The number of rotatable bonds is 4. The molecule has 1 heterocycles. The second kappa shape index (κ2) is 5.67. The first-order chi connectivity index (χ1) is 8.97. The molecule has 0 fully saturated rings. The molecule has 1 atom stereocenters. The molecule has 0 aliphatic carbocycles. The highest BCUT2D eigenvalue weighted by molar-refractivity contribution is 6.33. The molecule has 1 aromatic heterocycles. The van der Waals surface area contributed by atoms with Gasteiger partial charge in [-0.2, -0.15) is 4.98 Å². The summed E-state index contributed by atoms with van der Waals surface area (Å²) in [5, 5.41) is 13.8. The fraction of sp³-hybridized carbons (Fsp3) is 0.385. The zero-order valence-electron chi connectivity index (χ0n) is 10.6. The third kappa shape index (κ3) is 3.30. The monoisotopic (exact) mass is 284 g/mol. The maximum atomic E-state index is 12.9. The maximum absolute atomic E-state index is 12.9. The van der Waals surface area contributed by atoms with Crippen molar-refractivity contribution in [2.45, 2.75) is 26.4 Å². The smallest absolute Gasteiger partial charge is 0.229 e. The Hall–Kier alpha value is -1.46. The minimum absolute atomic E-state index is 0.102. The van der Waals surface area contributed by atoms with E-state index in [1.54, 1.807) is 0 Å². The average Bonchev–Trinajstić information content (AvgIpc) is 2.77. The lowest BCUT2D eigenvalue weighted by molar-refractivity contribution is 0.116. The lowest BCUT2D eigenvalue weighted by atomic mass is 10.0. The summed E-state index contributed by atoms with van der Waals surface area (Å²) in [7, 11) is 0. The highest BCUT2D eigenvalue weighted by Crippen LogP contribution is 2.26. The molecule has 2 aromatic rings. The van der Waals surface area contributed by atoms with Gasteiger partial charge in [0.05, 0.1) is 17.5 Å². The van der Waals surface area contributed by atoms with Crippen molar-refractivity contribution in [3.8, 4) is 11.4 Å². The summed E-state index contributed by atoms with van der Waals surface area (Å²) in [5.74, 6) is 0.296. The van der Waals surface area contributed by atoms with Gasteiger partial charge in [-0.1, -0.05) is 30.6 Å². The van der Waals surface area contributed by atoms with Gasteiger partial charge in [0.2, 0.25) is 11.7 Å². The van der Waals surface area contributed by atoms with Gasteiger partial charge in [0.15, 0.2) is 0 Å². The molecule has 0 radical (unpaired) electrons. The standard InChI is InChI=1S/C13H14ClFN2O2/c1-7(2)11(18)6-12-16-13(17-19-12)9-4-3-8(15)5-10(9)14/h3-5,7,11,18H,6H2,1-2H3. The molecule has 1 unspecified atom stereocenters. The fourth-order valence-corrected chi connectivity index (χ4v) is 1.78. The second-order valence-corrected chi connectivity index (χ2v) is 5.06. The van der Waals surface area contributed by atoms with Gasteiger partial charge in [-0.3, -0.25) is 0 Å². The summed E-state index contributed by atoms with van der Waals surface area (Å²) < 4.78 is 18.0. The summed E-state index contributed by atoms with van der Waals surface area (Å²) in [6.45, 7) is 3.80. The van der Waals surface area contributed by atoms with Crippen LogP contribution >= 0.6 is 11.6 Å². The molecule has 0 aliphatic heterocycles. The van der Waals surface area contributed by atoms with Gasteiger partial charge in [0.25, 0.3) is 0 Å². The van der Waals surface area contributed by atoms with Crippen LogP contribution in [0.5, 0.6) is 0 Å². The first-order valence-corrected chi connectivity index (χ1v) is 6.31. The summed E-state index contributed by atoms with van der Waals surface area (Å²) in [6.07, 6.45) is -0.263. The van der Waals surface area contributed by atoms with E-state index in [0.717, 1.165) is 0 Å². The number of hydrogen-bond donors (Lipinski definition) is 1. The molecule has 6 heteroatoms. The molecule has 0 amide bonds. The molecular weight excluding hydrogens is 271 g/mol. The highest BCUT2D eigenvalue weighted by Gasteiger charge is 2.17. The number of nitrogens with zero attached hydrogens (tertiary/aromatic N) is 2. The summed E-state index contributed by atoms with van der Waals surface area (Å²) in [4.78, 5) is 4.15. The molecule has 2 rings (SSSR count). The van der Waals surface area contributed by atoms with E-state index in [0.29, 0.717) is 11.5 Å². The Kier molecular flexibility index (Phi) is 4.17. The quantitative estimate of drug-likeness (QED) is 0.937. The van der Waals surface area contributed by atoms with Crippen LogP contribution < -0.4 is 0 Å². The highest BCUT2D eigenvalue weighted by atomic mass is 35.5. The largest absolute Gasteiger partial charge is 0.392 e. The molecule has 1 N–H and O–H groups in total. The van der Waals surface area contributed by atoms with Crippen LogP contribution in [0.3, 0.4) is 0 Å². The predicted octanol–water partition coefficient (Wildman–Crippen LogP) is 3.09. The number of aromatic nitrogens is 2. The van der Waals surface area contributed by atoms with Crippen LogP contribution in [-0.4, -0.2) is 21.4 Å². The van der Waals surface area contributed by atoms with Crippen LogP contribution in [0.2, 0.25) is 5.02 Å². The van der Waals surface area contributed by atoms with E-state index in [2.05, 4.69) is 10.1 Å². The summed E-state index contributed by atoms with van der Waals surface area (Å²) >= 11 is 5.92. The van der Waals surface area contributed by atoms with E-state index < -0.39 is 11.9 Å². The molecule has 0 bridgehead atoms. The Labute approximate surface area is 115 Å². The Morgan fingerprint density at radius 3 is 2.79 bits per heavy atom. The topological polar surface area (TPSA) is 59.2 Å². The number of halogens is 2. The van der Waals surface area contributed by atoms with E-state index >= 15 is 0 Å². The SMILES string of the molecule is CC(C)C(O)Cc1nc(-c2ccc(F)cc2Cl)no1. The van der Waals surface area contributed by atoms with Crippen LogP contribution in [0.1, 0.15) is 19.7 Å². The van der Waals surface area contributed by atoms with E-state index in [4.69, 9.17) is 16.1 Å². The molecule has 19 heavy (non-hydrogen) atoms. The third-order valence-corrected chi connectivity index (χ3v) is 3.11. The van der Waals surface area contributed by atoms with Crippen LogP contribution in [0, 0.1) is 11.7 Å². The second-order valence-electron chi connectivity index (χ2n) is 4.65. The molecule has 0 spiro atoms. The van der Waals surface area contributed by atoms with Gasteiger partial charge in [0, 0.05) is 5.56 Å². The molecule has 1 aromatic carbocycles. The van der Waals surface area contributed by atoms with E-state index in [1.165, 1.54) is 18.2 Å². The Morgan fingerprint density at radius 1 is 1.42 bits per heavy atom. The van der Waals surface area contributed by atoms with Crippen molar-refractivity contribution < 1.29 is 14.0 Å². The van der Waals surface area contributed by atoms with Crippen LogP contribution in [0.4, 0.5) is 4.39 Å². The number of aliphatic hydroxyl groups is 1. The summed E-state index contributed by atoms with van der Waals surface area (Å²) in [5.41, 5.74) is 0.497. The van der Waals surface area contributed by atoms with Crippen molar-refractivity contribution in [2.75, 3.05) is 0 Å². The Bertz CT molecular complexity index is 572. The van der Waals surface area contributed by atoms with Gasteiger partial charge in [-0.05, 0) is 24.1 Å². The van der Waals surface area contributed by atoms with Crippen LogP contribution in [-0.2, 0) is 6.42 Å². The van der Waals surface area contributed by atoms with Crippen molar-refractivity contribution in [2.24, 2.45) is 5.92 Å². The van der Waals surface area contributed by atoms with Gasteiger partial charge >= 0.3 is 0 Å². The van der Waals surface area contributed by atoms with Gasteiger partial charge in [-0.25, -0.2) is 4.39 Å². The maximum Gasteiger partial charge on any atom is 0.229 e.